The van der Waals surface area contributed by atoms with Crippen molar-refractivity contribution in [1.82, 2.24) is 0 Å². The number of rotatable bonds is 2. The van der Waals surface area contributed by atoms with Crippen molar-refractivity contribution < 1.29 is 9.53 Å². The molecule has 1 aliphatic rings. The van der Waals surface area contributed by atoms with Crippen molar-refractivity contribution in [1.29, 1.82) is 0 Å². The quantitative estimate of drug-likeness (QED) is 0.458. The molecule has 12 heavy (non-hydrogen) atoms. The van der Waals surface area contributed by atoms with Gasteiger partial charge in [-0.05, 0) is 19.3 Å². The van der Waals surface area contributed by atoms with Gasteiger partial charge in [0.1, 0.15) is 6.29 Å². The number of hydrogen-bond acceptors (Lipinski definition) is 2. The van der Waals surface area contributed by atoms with Crippen LogP contribution in [0.4, 0.5) is 0 Å². The van der Waals surface area contributed by atoms with Gasteiger partial charge in [-0.25, -0.2) is 0 Å². The van der Waals surface area contributed by atoms with Gasteiger partial charge in [0, 0.05) is 25.0 Å². The maximum Gasteiger partial charge on any atom is 0.127 e. The van der Waals surface area contributed by atoms with E-state index in [1.54, 1.807) is 0 Å². The molecule has 2 heteroatoms. The summed E-state index contributed by atoms with van der Waals surface area (Å²) in [5.74, 6) is 2.57. The topological polar surface area (TPSA) is 26.3 Å². The minimum absolute atomic E-state index is 0.286. The number of carbonyl (C=O) groups is 1. The highest BCUT2D eigenvalue weighted by molar-refractivity contribution is 5.60. The Morgan fingerprint density at radius 3 is 3.00 bits per heavy atom. The summed E-state index contributed by atoms with van der Waals surface area (Å²) < 4.78 is 5.27. The van der Waals surface area contributed by atoms with Crippen LogP contribution in [0.5, 0.6) is 0 Å². The van der Waals surface area contributed by atoms with Gasteiger partial charge in [0.05, 0.1) is 0 Å². The average Bonchev–Trinajstić information content (AvgIpc) is 2.32. The lowest BCUT2D eigenvalue weighted by molar-refractivity contribution is -0.116. The summed E-state index contributed by atoms with van der Waals surface area (Å²) in [7, 11) is 0. The molecule has 0 bridgehead atoms. The van der Waals surface area contributed by atoms with Gasteiger partial charge >= 0.3 is 0 Å². The van der Waals surface area contributed by atoms with Crippen LogP contribution in [0.1, 0.15) is 25.7 Å². The van der Waals surface area contributed by atoms with E-state index in [4.69, 9.17) is 11.2 Å². The molecule has 0 N–H and O–H groups in total. The molecule has 1 unspecified atom stereocenters. The van der Waals surface area contributed by atoms with Gasteiger partial charge in [-0.15, -0.1) is 12.3 Å². The van der Waals surface area contributed by atoms with Gasteiger partial charge in [-0.2, -0.15) is 0 Å². The summed E-state index contributed by atoms with van der Waals surface area (Å²) >= 11 is 0. The van der Waals surface area contributed by atoms with Crippen molar-refractivity contribution in [2.45, 2.75) is 25.7 Å². The Morgan fingerprint density at radius 1 is 1.50 bits per heavy atom. The molecule has 66 valence electrons. The van der Waals surface area contributed by atoms with Crippen LogP contribution in [0.2, 0.25) is 0 Å². The van der Waals surface area contributed by atoms with Crippen LogP contribution >= 0.6 is 0 Å². The Morgan fingerprint density at radius 2 is 2.33 bits per heavy atom. The number of carbonyl (C=O) groups excluding carboxylic acids is 1. The monoisotopic (exact) mass is 166 g/mol. The van der Waals surface area contributed by atoms with Crippen molar-refractivity contribution in [3.63, 3.8) is 0 Å². The van der Waals surface area contributed by atoms with E-state index in [-0.39, 0.29) is 5.41 Å². The predicted octanol–water partition coefficient (Wildman–Crippen LogP) is 1.40. The van der Waals surface area contributed by atoms with E-state index in [0.717, 1.165) is 32.2 Å². The Labute approximate surface area is 73.3 Å². The van der Waals surface area contributed by atoms with E-state index in [9.17, 15) is 4.79 Å². The lowest BCUT2D eigenvalue weighted by Crippen LogP contribution is -2.22. The molecule has 1 aliphatic heterocycles. The molecule has 0 aromatic carbocycles. The third kappa shape index (κ3) is 2.09. The molecule has 0 aromatic rings. The van der Waals surface area contributed by atoms with Crippen molar-refractivity contribution in [2.24, 2.45) is 5.41 Å². The zero-order chi connectivity index (χ0) is 8.86. The number of aldehydes is 1. The second kappa shape index (κ2) is 4.27. The third-order valence-corrected chi connectivity index (χ3v) is 2.41. The zero-order valence-corrected chi connectivity index (χ0v) is 7.21. The lowest BCUT2D eigenvalue weighted by atomic mass is 9.79. The van der Waals surface area contributed by atoms with Gasteiger partial charge < -0.3 is 9.53 Å². The molecule has 1 rings (SSSR count). The van der Waals surface area contributed by atoms with E-state index in [0.29, 0.717) is 13.0 Å². The van der Waals surface area contributed by atoms with Crippen LogP contribution in [-0.4, -0.2) is 19.5 Å². The molecule has 1 heterocycles. The second-order valence-electron chi connectivity index (χ2n) is 3.33. The van der Waals surface area contributed by atoms with Crippen LogP contribution in [0, 0.1) is 17.8 Å². The SMILES string of the molecule is C#CCC1(C=O)CCCOCC1. The normalized spacial score (nSPS) is 30.2. The standard InChI is InChI=1S/C10H14O2/c1-2-4-10(9-11)5-3-7-12-8-6-10/h1,9H,3-8H2. The summed E-state index contributed by atoms with van der Waals surface area (Å²) in [4.78, 5) is 10.9. The molecule has 0 aliphatic carbocycles. The molecule has 0 amide bonds. The van der Waals surface area contributed by atoms with Gasteiger partial charge in [0.25, 0.3) is 0 Å². The van der Waals surface area contributed by atoms with Crippen molar-refractivity contribution in [2.75, 3.05) is 13.2 Å². The molecule has 1 fully saturated rings. The average molecular weight is 166 g/mol. The predicted molar refractivity (Wildman–Crippen MR) is 46.6 cm³/mol. The van der Waals surface area contributed by atoms with Crippen LogP contribution in [0.25, 0.3) is 0 Å². The first-order valence-electron chi connectivity index (χ1n) is 4.30. The summed E-state index contributed by atoms with van der Waals surface area (Å²) in [5, 5.41) is 0. The first-order valence-corrected chi connectivity index (χ1v) is 4.30. The third-order valence-electron chi connectivity index (χ3n) is 2.41. The molecular weight excluding hydrogens is 152 g/mol. The molecule has 0 saturated carbocycles. The number of hydrogen-bond donors (Lipinski definition) is 0. The summed E-state index contributed by atoms with van der Waals surface area (Å²) in [5.41, 5.74) is -0.286. The molecule has 0 aromatic heterocycles. The van der Waals surface area contributed by atoms with Crippen molar-refractivity contribution in [3.05, 3.63) is 0 Å². The molecule has 0 radical (unpaired) electrons. The van der Waals surface area contributed by atoms with E-state index in [1.165, 1.54) is 0 Å². The van der Waals surface area contributed by atoms with Gasteiger partial charge in [-0.3, -0.25) is 0 Å². The molecule has 1 saturated heterocycles. The summed E-state index contributed by atoms with van der Waals surface area (Å²) in [6, 6.07) is 0. The maximum absolute atomic E-state index is 10.9. The first-order chi connectivity index (χ1) is 5.83. The molecule has 2 nitrogen and oxygen atoms in total. The fourth-order valence-corrected chi connectivity index (χ4v) is 1.57. The Bertz CT molecular complexity index is 183. The highest BCUT2D eigenvalue weighted by Gasteiger charge is 2.29. The van der Waals surface area contributed by atoms with Crippen molar-refractivity contribution >= 4 is 6.29 Å². The minimum Gasteiger partial charge on any atom is -0.381 e. The van der Waals surface area contributed by atoms with E-state index >= 15 is 0 Å². The maximum atomic E-state index is 10.9. The Balaban J connectivity index is 2.62. The van der Waals surface area contributed by atoms with Crippen LogP contribution in [-0.2, 0) is 9.53 Å². The summed E-state index contributed by atoms with van der Waals surface area (Å²) in [6.07, 6.45) is 9.39. The number of terminal acetylenes is 1. The zero-order valence-electron chi connectivity index (χ0n) is 7.21. The van der Waals surface area contributed by atoms with E-state index < -0.39 is 0 Å². The summed E-state index contributed by atoms with van der Waals surface area (Å²) in [6.45, 7) is 1.43. The minimum atomic E-state index is -0.286. The Kier molecular flexibility index (Phi) is 3.31. The van der Waals surface area contributed by atoms with Crippen LogP contribution in [0.3, 0.4) is 0 Å². The smallest absolute Gasteiger partial charge is 0.127 e. The van der Waals surface area contributed by atoms with E-state index in [1.807, 2.05) is 0 Å². The second-order valence-corrected chi connectivity index (χ2v) is 3.33. The number of ether oxygens (including phenoxy) is 1. The molecular formula is C10H14O2. The fourth-order valence-electron chi connectivity index (χ4n) is 1.57. The largest absolute Gasteiger partial charge is 0.381 e. The highest BCUT2D eigenvalue weighted by Crippen LogP contribution is 2.31. The van der Waals surface area contributed by atoms with Gasteiger partial charge in [0.2, 0.25) is 0 Å². The van der Waals surface area contributed by atoms with Crippen molar-refractivity contribution in [3.8, 4) is 12.3 Å². The Hall–Kier alpha value is -0.810. The lowest BCUT2D eigenvalue weighted by Gasteiger charge is -2.22. The van der Waals surface area contributed by atoms with Gasteiger partial charge in [0.15, 0.2) is 0 Å². The first kappa shape index (κ1) is 9.28. The van der Waals surface area contributed by atoms with Crippen LogP contribution < -0.4 is 0 Å². The van der Waals surface area contributed by atoms with E-state index in [2.05, 4.69) is 5.92 Å². The molecule has 0 spiro atoms. The highest BCUT2D eigenvalue weighted by atomic mass is 16.5. The molecule has 1 atom stereocenters. The van der Waals surface area contributed by atoms with Gasteiger partial charge in [-0.1, -0.05) is 0 Å². The van der Waals surface area contributed by atoms with Crippen LogP contribution in [0.15, 0.2) is 0 Å². The fraction of sp³-hybridized carbons (Fsp3) is 0.700.